The number of hydrazone groups is 1. The summed E-state index contributed by atoms with van der Waals surface area (Å²) in [5, 5.41) is 6.51. The fraction of sp³-hybridized carbons (Fsp3) is 0.200. The summed E-state index contributed by atoms with van der Waals surface area (Å²) in [6.45, 7) is 0. The molecule has 0 bridgehead atoms. The number of rotatable bonds is 3. The summed E-state index contributed by atoms with van der Waals surface area (Å²) in [4.78, 5) is 13.2. The van der Waals surface area contributed by atoms with Crippen LogP contribution in [0.4, 0.5) is 0 Å². The third-order valence-corrected chi connectivity index (χ3v) is 5.72. The third kappa shape index (κ3) is 3.31. The van der Waals surface area contributed by atoms with E-state index in [1.165, 1.54) is 11.8 Å². The molecule has 5 rings (SSSR count). The highest BCUT2D eigenvalue weighted by molar-refractivity contribution is 6.08. The maximum atomic E-state index is 13.2. The van der Waals surface area contributed by atoms with Crippen molar-refractivity contribution in [3.8, 4) is 0 Å². The van der Waals surface area contributed by atoms with Gasteiger partial charge in [-0.05, 0) is 54.2 Å². The fourth-order valence-corrected chi connectivity index (χ4v) is 4.42. The second-order valence-corrected chi connectivity index (χ2v) is 7.55. The average Bonchev–Trinajstić information content (AvgIpc) is 3.43. The lowest BCUT2D eigenvalue weighted by molar-refractivity contribution is 0.0648. The Bertz CT molecular complexity index is 1050. The molecule has 1 saturated carbocycles. The van der Waals surface area contributed by atoms with Gasteiger partial charge < -0.3 is 4.42 Å². The Morgan fingerprint density at radius 1 is 1.00 bits per heavy atom. The van der Waals surface area contributed by atoms with Crippen LogP contribution >= 0.6 is 0 Å². The summed E-state index contributed by atoms with van der Waals surface area (Å²) in [5.74, 6) is 0.326. The predicted molar refractivity (Wildman–Crippen MR) is 113 cm³/mol. The Labute approximate surface area is 170 Å². The maximum absolute atomic E-state index is 13.2. The molecule has 2 aliphatic rings. The van der Waals surface area contributed by atoms with Gasteiger partial charge >= 0.3 is 5.91 Å². The molecule has 2 atom stereocenters. The normalized spacial score (nSPS) is 22.4. The van der Waals surface area contributed by atoms with E-state index in [4.69, 9.17) is 9.52 Å². The summed E-state index contributed by atoms with van der Waals surface area (Å²) in [6.07, 6.45) is 6.84. The molecule has 1 amide bonds. The van der Waals surface area contributed by atoms with Gasteiger partial charge in [-0.2, -0.15) is 5.10 Å². The number of fused-ring (bicyclic) bond motifs is 1. The van der Waals surface area contributed by atoms with Crippen LogP contribution in [0.1, 0.15) is 47.0 Å². The number of nitrogens with zero attached hydrogens (tertiary/aromatic N) is 2. The van der Waals surface area contributed by atoms with E-state index in [-0.39, 0.29) is 17.9 Å². The van der Waals surface area contributed by atoms with Crippen LogP contribution in [0.25, 0.3) is 6.08 Å². The molecule has 1 aliphatic carbocycles. The van der Waals surface area contributed by atoms with Crippen LogP contribution in [0.15, 0.2) is 94.2 Å². The number of amides is 1. The first-order chi connectivity index (χ1) is 14.3. The molecule has 1 fully saturated rings. The number of hydrogen-bond acceptors (Lipinski definition) is 3. The number of carbonyl (C=O) groups excluding carboxylic acids is 1. The van der Waals surface area contributed by atoms with Crippen LogP contribution in [0.3, 0.4) is 0 Å². The molecule has 2 aromatic carbocycles. The van der Waals surface area contributed by atoms with E-state index in [1.54, 1.807) is 17.1 Å². The Kier molecular flexibility index (Phi) is 4.60. The van der Waals surface area contributed by atoms with E-state index in [0.29, 0.717) is 5.76 Å². The molecule has 4 nitrogen and oxygen atoms in total. The van der Waals surface area contributed by atoms with Crippen molar-refractivity contribution in [1.29, 1.82) is 0 Å². The van der Waals surface area contributed by atoms with Gasteiger partial charge in [-0.3, -0.25) is 4.79 Å². The minimum absolute atomic E-state index is 0.108. The molecule has 0 N–H and O–H groups in total. The number of allylic oxidation sites excluding steroid dienone is 1. The maximum Gasteiger partial charge on any atom is 0.310 e. The van der Waals surface area contributed by atoms with Crippen LogP contribution in [0, 0.1) is 5.92 Å². The molecule has 0 saturated heterocycles. The fourth-order valence-electron chi connectivity index (χ4n) is 4.42. The molecule has 3 aromatic rings. The highest BCUT2D eigenvalue weighted by Crippen LogP contribution is 2.44. The van der Waals surface area contributed by atoms with E-state index in [9.17, 15) is 4.79 Å². The summed E-state index contributed by atoms with van der Waals surface area (Å²) < 4.78 is 5.39. The Morgan fingerprint density at radius 3 is 2.48 bits per heavy atom. The first-order valence-electron chi connectivity index (χ1n) is 10.1. The Hall–Kier alpha value is -3.40. The van der Waals surface area contributed by atoms with Crippen molar-refractivity contribution in [2.24, 2.45) is 11.0 Å². The summed E-state index contributed by atoms with van der Waals surface area (Å²) in [6, 6.07) is 23.9. The van der Waals surface area contributed by atoms with Crippen LogP contribution in [0.5, 0.6) is 0 Å². The molecule has 4 heteroatoms. The topological polar surface area (TPSA) is 45.8 Å². The highest BCUT2D eigenvalue weighted by Gasteiger charge is 2.44. The second-order valence-electron chi connectivity index (χ2n) is 7.55. The number of hydrogen-bond donors (Lipinski definition) is 0. The first-order valence-corrected chi connectivity index (χ1v) is 10.1. The van der Waals surface area contributed by atoms with Gasteiger partial charge in [0, 0.05) is 5.92 Å². The Morgan fingerprint density at radius 2 is 1.76 bits per heavy atom. The van der Waals surface area contributed by atoms with Crippen LogP contribution in [-0.2, 0) is 0 Å². The molecule has 29 heavy (non-hydrogen) atoms. The van der Waals surface area contributed by atoms with Crippen molar-refractivity contribution in [1.82, 2.24) is 5.01 Å². The minimum Gasteiger partial charge on any atom is -0.459 e. The lowest BCUT2D eigenvalue weighted by atomic mass is 9.77. The highest BCUT2D eigenvalue weighted by atomic mass is 16.3. The minimum atomic E-state index is -0.190. The van der Waals surface area contributed by atoms with E-state index < -0.39 is 0 Å². The quantitative estimate of drug-likeness (QED) is 0.582. The molecule has 0 radical (unpaired) electrons. The number of furan rings is 1. The smallest absolute Gasteiger partial charge is 0.310 e. The predicted octanol–water partition coefficient (Wildman–Crippen LogP) is 5.72. The lowest BCUT2D eigenvalue weighted by Gasteiger charge is -2.29. The van der Waals surface area contributed by atoms with Crippen molar-refractivity contribution in [3.63, 3.8) is 0 Å². The van der Waals surface area contributed by atoms with E-state index >= 15 is 0 Å². The lowest BCUT2D eigenvalue weighted by Crippen LogP contribution is -2.31. The summed E-state index contributed by atoms with van der Waals surface area (Å²) in [5.41, 5.74) is 4.53. The second kappa shape index (κ2) is 7.55. The molecule has 2 heterocycles. The molecular weight excluding hydrogens is 360 g/mol. The van der Waals surface area contributed by atoms with Gasteiger partial charge in [0.05, 0.1) is 18.0 Å². The van der Waals surface area contributed by atoms with E-state index in [0.717, 1.165) is 36.1 Å². The van der Waals surface area contributed by atoms with Crippen molar-refractivity contribution >= 4 is 17.7 Å². The average molecular weight is 382 g/mol. The molecular formula is C25H22N2O2. The van der Waals surface area contributed by atoms with Crippen molar-refractivity contribution in [2.45, 2.75) is 25.3 Å². The number of benzene rings is 2. The van der Waals surface area contributed by atoms with Gasteiger partial charge in [0.1, 0.15) is 0 Å². The van der Waals surface area contributed by atoms with Crippen LogP contribution < -0.4 is 0 Å². The van der Waals surface area contributed by atoms with Gasteiger partial charge in [-0.25, -0.2) is 5.01 Å². The number of carbonyl (C=O) groups is 1. The van der Waals surface area contributed by atoms with E-state index in [2.05, 4.69) is 30.3 Å². The van der Waals surface area contributed by atoms with Crippen molar-refractivity contribution in [3.05, 3.63) is 102 Å². The van der Waals surface area contributed by atoms with Gasteiger partial charge in [0.25, 0.3) is 0 Å². The van der Waals surface area contributed by atoms with Gasteiger partial charge in [0.2, 0.25) is 0 Å². The van der Waals surface area contributed by atoms with Gasteiger partial charge in [-0.15, -0.1) is 0 Å². The van der Waals surface area contributed by atoms with Crippen LogP contribution in [-0.4, -0.2) is 16.6 Å². The monoisotopic (exact) mass is 382 g/mol. The van der Waals surface area contributed by atoms with E-state index in [1.807, 2.05) is 36.4 Å². The molecule has 144 valence electrons. The SMILES string of the molecule is O=C(c1ccco1)N1N=C2/C(=C/c3ccccc3)CCC[C@H]2[C@@H]1c1ccccc1. The largest absolute Gasteiger partial charge is 0.459 e. The van der Waals surface area contributed by atoms with Crippen molar-refractivity contribution < 1.29 is 9.21 Å². The van der Waals surface area contributed by atoms with Gasteiger partial charge in [-0.1, -0.05) is 60.7 Å². The zero-order chi connectivity index (χ0) is 19.6. The van der Waals surface area contributed by atoms with Gasteiger partial charge in [0.15, 0.2) is 5.76 Å². The zero-order valence-electron chi connectivity index (χ0n) is 16.1. The summed E-state index contributed by atoms with van der Waals surface area (Å²) >= 11 is 0. The third-order valence-electron chi connectivity index (χ3n) is 5.72. The first kappa shape index (κ1) is 17.7. The zero-order valence-corrected chi connectivity index (χ0v) is 16.1. The molecule has 0 unspecified atom stereocenters. The van der Waals surface area contributed by atoms with Crippen LogP contribution in [0.2, 0.25) is 0 Å². The molecule has 1 aromatic heterocycles. The Balaban J connectivity index is 1.58. The molecule has 1 aliphatic heterocycles. The van der Waals surface area contributed by atoms with Crippen molar-refractivity contribution in [2.75, 3.05) is 0 Å². The molecule has 0 spiro atoms. The standard InChI is InChI=1S/C25H22N2O2/c28-25(22-15-8-16-29-22)27-24(19-11-5-2-6-12-19)21-14-7-13-20(23(21)26-27)17-18-9-3-1-4-10-18/h1-6,8-12,15-17,21,24H,7,13-14H2/b20-17+/t21-,24+/m1/s1. The summed E-state index contributed by atoms with van der Waals surface area (Å²) in [7, 11) is 0.